The first-order valence-corrected chi connectivity index (χ1v) is 8.49. The standard InChI is InChI=1S/C20H23N3O2/c1-22(13-15-25)19-9-4-8-18(21-19)20-17-7-3-2-6-16(17)10-12-23(20)11-5-14-24/h2-9,11,14,20,25H,10,12-13,15H2,1H3. The number of rotatable bonds is 6. The Morgan fingerprint density at radius 2 is 2.12 bits per heavy atom. The van der Waals surface area contributed by atoms with Gasteiger partial charge in [-0.15, -0.1) is 0 Å². The van der Waals surface area contributed by atoms with Crippen LogP contribution < -0.4 is 4.90 Å². The largest absolute Gasteiger partial charge is 0.395 e. The molecule has 0 saturated heterocycles. The minimum Gasteiger partial charge on any atom is -0.395 e. The maximum atomic E-state index is 10.8. The van der Waals surface area contributed by atoms with Gasteiger partial charge in [0.2, 0.25) is 0 Å². The van der Waals surface area contributed by atoms with Gasteiger partial charge >= 0.3 is 0 Å². The molecule has 1 aliphatic heterocycles. The van der Waals surface area contributed by atoms with Crippen molar-refractivity contribution in [2.45, 2.75) is 12.5 Å². The lowest BCUT2D eigenvalue weighted by Gasteiger charge is -2.36. The molecule has 0 aliphatic carbocycles. The molecule has 0 amide bonds. The highest BCUT2D eigenvalue weighted by molar-refractivity contribution is 5.64. The van der Waals surface area contributed by atoms with Crippen LogP contribution in [0.4, 0.5) is 5.82 Å². The Morgan fingerprint density at radius 3 is 2.92 bits per heavy atom. The van der Waals surface area contributed by atoms with Crippen LogP contribution in [-0.2, 0) is 11.2 Å². The summed E-state index contributed by atoms with van der Waals surface area (Å²) in [4.78, 5) is 19.7. The van der Waals surface area contributed by atoms with Gasteiger partial charge in [0.1, 0.15) is 12.1 Å². The molecule has 1 aromatic heterocycles. The quantitative estimate of drug-likeness (QED) is 0.647. The Kier molecular flexibility index (Phi) is 5.46. The van der Waals surface area contributed by atoms with Gasteiger partial charge in [-0.05, 0) is 35.8 Å². The number of pyridine rings is 1. The number of allylic oxidation sites excluding steroid dienone is 1. The van der Waals surface area contributed by atoms with Crippen LogP contribution in [0.5, 0.6) is 0 Å². The average Bonchev–Trinajstić information content (AvgIpc) is 2.66. The van der Waals surface area contributed by atoms with E-state index in [2.05, 4.69) is 23.1 Å². The zero-order valence-electron chi connectivity index (χ0n) is 14.4. The highest BCUT2D eigenvalue weighted by Crippen LogP contribution is 2.34. The third kappa shape index (κ3) is 3.72. The predicted molar refractivity (Wildman–Crippen MR) is 98.5 cm³/mol. The number of hydrogen-bond acceptors (Lipinski definition) is 5. The van der Waals surface area contributed by atoms with Crippen molar-refractivity contribution in [2.24, 2.45) is 0 Å². The number of aromatic nitrogens is 1. The number of carbonyl (C=O) groups is 1. The van der Waals surface area contributed by atoms with Crippen LogP contribution in [0.2, 0.25) is 0 Å². The minimum atomic E-state index is -0.0244. The van der Waals surface area contributed by atoms with Crippen molar-refractivity contribution in [2.75, 3.05) is 31.6 Å². The second kappa shape index (κ2) is 7.94. The van der Waals surface area contributed by atoms with E-state index in [0.29, 0.717) is 6.54 Å². The molecular weight excluding hydrogens is 314 g/mol. The molecule has 2 aromatic rings. The smallest absolute Gasteiger partial charge is 0.144 e. The fourth-order valence-corrected chi connectivity index (χ4v) is 3.29. The molecule has 0 spiro atoms. The van der Waals surface area contributed by atoms with Gasteiger partial charge in [-0.2, -0.15) is 0 Å². The molecule has 3 rings (SSSR count). The van der Waals surface area contributed by atoms with Crippen LogP contribution in [0.1, 0.15) is 22.9 Å². The van der Waals surface area contributed by atoms with Gasteiger partial charge in [0.25, 0.3) is 0 Å². The monoisotopic (exact) mass is 337 g/mol. The molecule has 1 atom stereocenters. The molecule has 0 radical (unpaired) electrons. The zero-order chi connectivity index (χ0) is 17.6. The Bertz CT molecular complexity index is 760. The van der Waals surface area contributed by atoms with Crippen LogP contribution in [0.25, 0.3) is 0 Å². The maximum absolute atomic E-state index is 10.8. The van der Waals surface area contributed by atoms with Crippen LogP contribution >= 0.6 is 0 Å². The molecular formula is C20H23N3O2. The van der Waals surface area contributed by atoms with Gasteiger partial charge in [-0.3, -0.25) is 4.79 Å². The van der Waals surface area contributed by atoms with Crippen LogP contribution in [0.15, 0.2) is 54.7 Å². The lowest BCUT2D eigenvalue weighted by Crippen LogP contribution is -2.33. The molecule has 1 aliphatic rings. The molecule has 2 heterocycles. The number of benzene rings is 1. The van der Waals surface area contributed by atoms with Crippen LogP contribution in [0, 0.1) is 0 Å². The molecule has 1 aromatic carbocycles. The average molecular weight is 337 g/mol. The van der Waals surface area contributed by atoms with Gasteiger partial charge in [-0.1, -0.05) is 30.3 Å². The summed E-state index contributed by atoms with van der Waals surface area (Å²) >= 11 is 0. The number of aliphatic hydroxyl groups excluding tert-OH is 1. The van der Waals surface area contributed by atoms with E-state index in [9.17, 15) is 4.79 Å². The molecule has 1 unspecified atom stereocenters. The third-order valence-corrected chi connectivity index (χ3v) is 4.54. The molecule has 5 heteroatoms. The molecule has 5 nitrogen and oxygen atoms in total. The van der Waals surface area contributed by atoms with Crippen molar-refractivity contribution in [3.63, 3.8) is 0 Å². The Labute approximate surface area is 148 Å². The third-order valence-electron chi connectivity index (χ3n) is 4.54. The van der Waals surface area contributed by atoms with Crippen molar-refractivity contribution in [3.05, 3.63) is 71.6 Å². The number of fused-ring (bicyclic) bond motifs is 1. The summed E-state index contributed by atoms with van der Waals surface area (Å²) in [5.74, 6) is 0.828. The van der Waals surface area contributed by atoms with E-state index in [1.54, 1.807) is 0 Å². The summed E-state index contributed by atoms with van der Waals surface area (Å²) < 4.78 is 0. The van der Waals surface area contributed by atoms with Crippen molar-refractivity contribution in [3.8, 4) is 0 Å². The summed E-state index contributed by atoms with van der Waals surface area (Å²) in [7, 11) is 1.92. The highest BCUT2D eigenvalue weighted by atomic mass is 16.3. The minimum absolute atomic E-state index is 0.0244. The Hall–Kier alpha value is -2.66. The van der Waals surface area contributed by atoms with Crippen molar-refractivity contribution < 1.29 is 9.90 Å². The number of likely N-dealkylation sites (N-methyl/N-ethyl adjacent to an activating group) is 1. The summed E-state index contributed by atoms with van der Waals surface area (Å²) in [6, 6.07) is 14.3. The van der Waals surface area contributed by atoms with E-state index >= 15 is 0 Å². The first-order valence-electron chi connectivity index (χ1n) is 8.49. The maximum Gasteiger partial charge on any atom is 0.144 e. The van der Waals surface area contributed by atoms with Crippen LogP contribution in [0.3, 0.4) is 0 Å². The van der Waals surface area contributed by atoms with Gasteiger partial charge in [0, 0.05) is 26.3 Å². The Balaban J connectivity index is 2.03. The van der Waals surface area contributed by atoms with E-state index in [4.69, 9.17) is 10.1 Å². The highest BCUT2D eigenvalue weighted by Gasteiger charge is 2.27. The molecule has 130 valence electrons. The Morgan fingerprint density at radius 1 is 1.28 bits per heavy atom. The van der Waals surface area contributed by atoms with Crippen molar-refractivity contribution in [1.29, 1.82) is 0 Å². The summed E-state index contributed by atoms with van der Waals surface area (Å²) in [6.45, 7) is 1.46. The predicted octanol–water partition coefficient (Wildman–Crippen LogP) is 2.17. The van der Waals surface area contributed by atoms with Crippen molar-refractivity contribution >= 4 is 12.1 Å². The summed E-state index contributed by atoms with van der Waals surface area (Å²) in [6.07, 6.45) is 5.12. The zero-order valence-corrected chi connectivity index (χ0v) is 14.4. The number of carbonyl (C=O) groups excluding carboxylic acids is 1. The summed E-state index contributed by atoms with van der Waals surface area (Å²) in [5.41, 5.74) is 3.47. The normalized spacial score (nSPS) is 16.7. The topological polar surface area (TPSA) is 56.7 Å². The lowest BCUT2D eigenvalue weighted by atomic mass is 9.90. The fourth-order valence-electron chi connectivity index (χ4n) is 3.29. The number of anilines is 1. The first kappa shape index (κ1) is 17.2. The number of nitrogens with zero attached hydrogens (tertiary/aromatic N) is 3. The van der Waals surface area contributed by atoms with E-state index in [-0.39, 0.29) is 12.6 Å². The lowest BCUT2D eigenvalue weighted by molar-refractivity contribution is -0.104. The second-order valence-corrected chi connectivity index (χ2v) is 6.13. The van der Waals surface area contributed by atoms with Crippen LogP contribution in [-0.4, -0.2) is 48.0 Å². The first-order chi connectivity index (χ1) is 12.2. The molecule has 1 N–H and O–H groups in total. The van der Waals surface area contributed by atoms with Gasteiger partial charge in [0.15, 0.2) is 0 Å². The van der Waals surface area contributed by atoms with Gasteiger partial charge < -0.3 is 14.9 Å². The molecule has 0 bridgehead atoms. The number of hydrogen-bond donors (Lipinski definition) is 1. The van der Waals surface area contributed by atoms with E-state index in [0.717, 1.165) is 30.8 Å². The van der Waals surface area contributed by atoms with E-state index in [1.807, 2.05) is 42.4 Å². The number of aliphatic hydroxyl groups is 1. The fraction of sp³-hybridized carbons (Fsp3) is 0.300. The van der Waals surface area contributed by atoms with Crippen molar-refractivity contribution in [1.82, 2.24) is 9.88 Å². The SMILES string of the molecule is CN(CCO)c1cccc(C2c3ccccc3CCN2C=CC=O)n1. The molecule has 25 heavy (non-hydrogen) atoms. The molecule has 0 fully saturated rings. The number of aldehydes is 1. The second-order valence-electron chi connectivity index (χ2n) is 6.13. The van der Waals surface area contributed by atoms with Gasteiger partial charge in [-0.25, -0.2) is 4.98 Å². The molecule has 0 saturated carbocycles. The summed E-state index contributed by atoms with van der Waals surface area (Å²) in [5, 5.41) is 9.17. The van der Waals surface area contributed by atoms with E-state index in [1.165, 1.54) is 17.2 Å². The van der Waals surface area contributed by atoms with E-state index < -0.39 is 0 Å². The van der Waals surface area contributed by atoms with Gasteiger partial charge in [0.05, 0.1) is 18.3 Å².